The summed E-state index contributed by atoms with van der Waals surface area (Å²) in [5.41, 5.74) is 15.8. The summed E-state index contributed by atoms with van der Waals surface area (Å²) >= 11 is 3.70. The summed E-state index contributed by atoms with van der Waals surface area (Å²) < 4.78 is 5.06. The molecule has 0 radical (unpaired) electrons. The van der Waals surface area contributed by atoms with Crippen molar-refractivity contribution in [3.63, 3.8) is 0 Å². The number of hydrogen-bond acceptors (Lipinski definition) is 4. The van der Waals surface area contributed by atoms with Gasteiger partial charge in [0.2, 0.25) is 0 Å². The third-order valence-corrected chi connectivity index (χ3v) is 14.9. The van der Waals surface area contributed by atoms with Crippen molar-refractivity contribution in [2.75, 3.05) is 0 Å². The lowest BCUT2D eigenvalue weighted by molar-refractivity contribution is 0.353. The molecule has 0 amide bonds. The Balaban J connectivity index is 0.948. The molecule has 3 aromatic heterocycles. The van der Waals surface area contributed by atoms with Crippen LogP contribution in [0.25, 0.3) is 96.4 Å². The third-order valence-electron chi connectivity index (χ3n) is 12.6. The van der Waals surface area contributed by atoms with Crippen molar-refractivity contribution < 1.29 is 0 Å². The van der Waals surface area contributed by atoms with Gasteiger partial charge in [0.15, 0.2) is 5.82 Å². The fourth-order valence-electron chi connectivity index (χ4n) is 9.97. The van der Waals surface area contributed by atoms with Crippen molar-refractivity contribution in [3.8, 4) is 55.9 Å². The zero-order chi connectivity index (χ0) is 36.8. The van der Waals surface area contributed by atoms with Crippen LogP contribution in [-0.4, -0.2) is 9.97 Å². The highest BCUT2D eigenvalue weighted by molar-refractivity contribution is 7.26. The van der Waals surface area contributed by atoms with Gasteiger partial charge in [-0.3, -0.25) is 0 Å². The third kappa shape index (κ3) is 4.86. The van der Waals surface area contributed by atoms with E-state index in [1.54, 1.807) is 22.5 Å². The molecule has 1 saturated carbocycles. The summed E-state index contributed by atoms with van der Waals surface area (Å²) in [5, 5.41) is 3.85. The predicted octanol–water partition coefficient (Wildman–Crippen LogP) is 15.1. The Labute approximate surface area is 333 Å². The highest BCUT2D eigenvalue weighted by Gasteiger charge is 2.45. The van der Waals surface area contributed by atoms with Gasteiger partial charge in [-0.25, -0.2) is 9.97 Å². The minimum atomic E-state index is 0.107. The van der Waals surface area contributed by atoms with Gasteiger partial charge < -0.3 is 0 Å². The molecule has 2 aliphatic rings. The average Bonchev–Trinajstić information content (AvgIpc) is 3.92. The molecule has 266 valence electrons. The monoisotopic (exact) mass is 752 g/mol. The van der Waals surface area contributed by atoms with Crippen LogP contribution < -0.4 is 0 Å². The van der Waals surface area contributed by atoms with Gasteiger partial charge >= 0.3 is 0 Å². The fraction of sp³-hybridized carbons (Fsp3) is 0.115. The van der Waals surface area contributed by atoms with E-state index in [4.69, 9.17) is 9.97 Å². The number of fused-ring (bicyclic) bond motifs is 11. The molecular formula is C52H36N2S2. The van der Waals surface area contributed by atoms with Crippen molar-refractivity contribution in [1.29, 1.82) is 0 Å². The maximum absolute atomic E-state index is 5.16. The van der Waals surface area contributed by atoms with Crippen LogP contribution in [0, 0.1) is 0 Å². The molecule has 7 aromatic carbocycles. The maximum atomic E-state index is 5.16. The molecule has 4 heteroatoms. The zero-order valence-corrected chi connectivity index (χ0v) is 32.4. The van der Waals surface area contributed by atoms with E-state index in [-0.39, 0.29) is 5.41 Å². The highest BCUT2D eigenvalue weighted by atomic mass is 32.1. The molecule has 0 saturated heterocycles. The summed E-state index contributed by atoms with van der Waals surface area (Å²) in [6.07, 6.45) is 8.39. The second kappa shape index (κ2) is 12.5. The van der Waals surface area contributed by atoms with Gasteiger partial charge in [0.25, 0.3) is 0 Å². The molecule has 2 nitrogen and oxygen atoms in total. The number of thiophene rings is 2. The van der Waals surface area contributed by atoms with Crippen LogP contribution in [0.5, 0.6) is 0 Å². The molecule has 1 fully saturated rings. The molecule has 12 rings (SSSR count). The van der Waals surface area contributed by atoms with Crippen molar-refractivity contribution >= 4 is 63.1 Å². The second-order valence-corrected chi connectivity index (χ2v) is 17.7. The minimum absolute atomic E-state index is 0.107. The Bertz CT molecular complexity index is 3160. The maximum Gasteiger partial charge on any atom is 0.159 e. The predicted molar refractivity (Wildman–Crippen MR) is 239 cm³/mol. The molecule has 1 spiro atoms. The normalized spacial score (nSPS) is 14.6. The first-order valence-electron chi connectivity index (χ1n) is 19.8. The van der Waals surface area contributed by atoms with E-state index in [9.17, 15) is 0 Å². The van der Waals surface area contributed by atoms with Gasteiger partial charge in [0.1, 0.15) is 0 Å². The van der Waals surface area contributed by atoms with Crippen LogP contribution in [0.2, 0.25) is 0 Å². The molecule has 0 aliphatic heterocycles. The lowest BCUT2D eigenvalue weighted by Crippen LogP contribution is -2.28. The van der Waals surface area contributed by atoms with E-state index in [1.165, 1.54) is 107 Å². The van der Waals surface area contributed by atoms with Gasteiger partial charge in [-0.2, -0.15) is 0 Å². The molecule has 56 heavy (non-hydrogen) atoms. The SMILES string of the molecule is c1ccc(-c2ccc(-c3ncc4sc5ccc(-c6ccc7sc8c(-c9cccc%10c9C9(CCCCC9)c9ccccc9-%10)cccc8c7c6)cc5c4n3)cc2)cc1. The van der Waals surface area contributed by atoms with Crippen LogP contribution in [0.3, 0.4) is 0 Å². The highest BCUT2D eigenvalue weighted by Crippen LogP contribution is 2.59. The van der Waals surface area contributed by atoms with Crippen LogP contribution in [-0.2, 0) is 5.41 Å². The van der Waals surface area contributed by atoms with Gasteiger partial charge in [0, 0.05) is 47.4 Å². The number of nitrogens with zero attached hydrogens (tertiary/aromatic N) is 2. The standard InChI is InChI=1S/C52H36N2S2/c1-3-11-32(12-4-1)33-19-21-34(22-20-33)51-53-31-47-49(54-51)43-30-36(24-26-46(43)55-47)35-23-25-45-42(29-35)41-17-10-16-40(50(41)56-45)39-15-9-14-38-37-13-5-6-18-44(37)52(48(38)39)27-7-2-8-28-52/h1,3-6,9-26,29-31H,2,7-8,27-28H2. The first-order valence-corrected chi connectivity index (χ1v) is 21.4. The number of benzene rings is 7. The first kappa shape index (κ1) is 32.3. The summed E-state index contributed by atoms with van der Waals surface area (Å²) in [6, 6.07) is 56.3. The van der Waals surface area contributed by atoms with Gasteiger partial charge in [-0.05, 0) is 92.7 Å². The second-order valence-electron chi connectivity index (χ2n) is 15.6. The number of rotatable bonds is 4. The first-order chi connectivity index (χ1) is 27.7. The summed E-state index contributed by atoms with van der Waals surface area (Å²) in [6.45, 7) is 0. The Morgan fingerprint density at radius 1 is 0.446 bits per heavy atom. The van der Waals surface area contributed by atoms with E-state index in [1.807, 2.05) is 17.5 Å². The van der Waals surface area contributed by atoms with Gasteiger partial charge in [0.05, 0.1) is 10.2 Å². The van der Waals surface area contributed by atoms with Crippen LogP contribution in [0.4, 0.5) is 0 Å². The molecule has 10 aromatic rings. The molecule has 0 atom stereocenters. The van der Waals surface area contributed by atoms with E-state index >= 15 is 0 Å². The Hall–Kier alpha value is -5.94. The summed E-state index contributed by atoms with van der Waals surface area (Å²) in [7, 11) is 0. The summed E-state index contributed by atoms with van der Waals surface area (Å²) in [4.78, 5) is 9.96. The summed E-state index contributed by atoms with van der Waals surface area (Å²) in [5.74, 6) is 0.756. The van der Waals surface area contributed by atoms with Gasteiger partial charge in [-0.1, -0.05) is 147 Å². The van der Waals surface area contributed by atoms with Crippen molar-refractivity contribution in [1.82, 2.24) is 9.97 Å². The minimum Gasteiger partial charge on any atom is -0.235 e. The number of hydrogen-bond donors (Lipinski definition) is 0. The lowest BCUT2D eigenvalue weighted by atomic mass is 9.66. The molecule has 3 heterocycles. The van der Waals surface area contributed by atoms with Crippen molar-refractivity contribution in [2.45, 2.75) is 37.5 Å². The molecular weight excluding hydrogens is 717 g/mol. The molecule has 0 unspecified atom stereocenters. The van der Waals surface area contributed by atoms with E-state index in [0.29, 0.717) is 0 Å². The molecule has 0 bridgehead atoms. The van der Waals surface area contributed by atoms with Crippen LogP contribution in [0.15, 0.2) is 158 Å². The Morgan fingerprint density at radius 2 is 1.07 bits per heavy atom. The van der Waals surface area contributed by atoms with E-state index in [2.05, 4.69) is 152 Å². The van der Waals surface area contributed by atoms with Crippen LogP contribution >= 0.6 is 22.7 Å². The fourth-order valence-corrected chi connectivity index (χ4v) is 12.2. The topological polar surface area (TPSA) is 25.8 Å². The van der Waals surface area contributed by atoms with Crippen molar-refractivity contribution in [3.05, 3.63) is 169 Å². The Morgan fingerprint density at radius 3 is 1.89 bits per heavy atom. The molecule has 0 N–H and O–H groups in total. The average molecular weight is 753 g/mol. The van der Waals surface area contributed by atoms with E-state index < -0.39 is 0 Å². The zero-order valence-electron chi connectivity index (χ0n) is 30.8. The van der Waals surface area contributed by atoms with Gasteiger partial charge in [-0.15, -0.1) is 22.7 Å². The quantitative estimate of drug-likeness (QED) is 0.179. The smallest absolute Gasteiger partial charge is 0.159 e. The van der Waals surface area contributed by atoms with Crippen molar-refractivity contribution in [2.24, 2.45) is 0 Å². The van der Waals surface area contributed by atoms with Crippen LogP contribution in [0.1, 0.15) is 43.2 Å². The van der Waals surface area contributed by atoms with E-state index in [0.717, 1.165) is 21.6 Å². The Kier molecular flexibility index (Phi) is 7.24. The largest absolute Gasteiger partial charge is 0.235 e. The lowest BCUT2D eigenvalue weighted by Gasteiger charge is -2.37. The number of aromatic nitrogens is 2. The molecule has 2 aliphatic carbocycles.